The largest absolute Gasteiger partial charge is 0.508 e. The van der Waals surface area contributed by atoms with Gasteiger partial charge in [0, 0.05) is 29.2 Å². The second-order valence-corrected chi connectivity index (χ2v) is 9.04. The highest BCUT2D eigenvalue weighted by Crippen LogP contribution is 2.35. The molecular formula is C29H30N2O4. The molecule has 3 N–H and O–H groups in total. The fraction of sp³-hybridized carbons (Fsp3) is 0.276. The summed E-state index contributed by atoms with van der Waals surface area (Å²) in [7, 11) is 0. The molecular weight excluding hydrogens is 440 g/mol. The highest BCUT2D eigenvalue weighted by molar-refractivity contribution is 5.73. The molecule has 0 aliphatic carbocycles. The molecule has 1 fully saturated rings. The summed E-state index contributed by atoms with van der Waals surface area (Å²) < 4.78 is 11.8. The van der Waals surface area contributed by atoms with Crippen LogP contribution in [-0.4, -0.2) is 34.6 Å². The molecule has 35 heavy (non-hydrogen) atoms. The van der Waals surface area contributed by atoms with Crippen LogP contribution in [0.25, 0.3) is 22.6 Å². The van der Waals surface area contributed by atoms with Gasteiger partial charge in [0.15, 0.2) is 5.76 Å². The van der Waals surface area contributed by atoms with Crippen molar-refractivity contribution in [1.82, 2.24) is 10.5 Å². The number of piperidine rings is 1. The number of aromatic hydroxyl groups is 2. The van der Waals surface area contributed by atoms with Crippen LogP contribution in [0, 0.1) is 0 Å². The van der Waals surface area contributed by atoms with Crippen LogP contribution in [0.3, 0.4) is 0 Å². The first-order valence-corrected chi connectivity index (χ1v) is 12.2. The number of benzene rings is 3. The molecule has 180 valence electrons. The number of aromatic nitrogens is 1. The van der Waals surface area contributed by atoms with Gasteiger partial charge in [0.05, 0.1) is 6.61 Å². The maximum atomic E-state index is 9.70. The maximum Gasteiger partial charge on any atom is 0.171 e. The van der Waals surface area contributed by atoms with E-state index < -0.39 is 0 Å². The molecule has 0 spiro atoms. The molecule has 1 aliphatic heterocycles. The summed E-state index contributed by atoms with van der Waals surface area (Å²) in [6, 6.07) is 22.6. The van der Waals surface area contributed by atoms with Gasteiger partial charge >= 0.3 is 0 Å². The summed E-state index contributed by atoms with van der Waals surface area (Å²) in [4.78, 5) is 0. The Morgan fingerprint density at radius 3 is 2.20 bits per heavy atom. The monoisotopic (exact) mass is 470 g/mol. The van der Waals surface area contributed by atoms with Crippen molar-refractivity contribution >= 4 is 0 Å². The number of hydrogen-bond donors (Lipinski definition) is 3. The van der Waals surface area contributed by atoms with Crippen molar-refractivity contribution in [3.63, 3.8) is 0 Å². The third-order valence-electron chi connectivity index (χ3n) is 6.51. The Labute approximate surface area is 205 Å². The lowest BCUT2D eigenvalue weighted by Crippen LogP contribution is -2.35. The normalized spacial score (nSPS) is 15.7. The molecule has 1 aliphatic rings. The first-order valence-electron chi connectivity index (χ1n) is 12.2. The smallest absolute Gasteiger partial charge is 0.171 e. The van der Waals surface area contributed by atoms with Gasteiger partial charge in [-0.2, -0.15) is 0 Å². The van der Waals surface area contributed by atoms with Gasteiger partial charge in [-0.1, -0.05) is 23.7 Å². The number of nitrogens with zero attached hydrogens (tertiary/aromatic N) is 1. The number of phenolic OH excluding ortho intramolecular Hbond substituents is 2. The Morgan fingerprint density at radius 1 is 0.857 bits per heavy atom. The Balaban J connectivity index is 1.34. The van der Waals surface area contributed by atoms with E-state index in [4.69, 9.17) is 9.26 Å². The fourth-order valence-electron chi connectivity index (χ4n) is 4.56. The zero-order chi connectivity index (χ0) is 24.0. The minimum atomic E-state index is 0.198. The second-order valence-electron chi connectivity index (χ2n) is 9.04. The lowest BCUT2D eigenvalue weighted by atomic mass is 9.96. The second kappa shape index (κ2) is 10.7. The highest BCUT2D eigenvalue weighted by atomic mass is 16.5. The van der Waals surface area contributed by atoms with Gasteiger partial charge in [-0.25, -0.2) is 0 Å². The number of nitrogens with one attached hydrogen (secondary N) is 1. The molecule has 6 heteroatoms. The van der Waals surface area contributed by atoms with Crippen LogP contribution in [0.4, 0.5) is 0 Å². The molecule has 1 atom stereocenters. The van der Waals surface area contributed by atoms with Crippen LogP contribution in [0.5, 0.6) is 17.2 Å². The van der Waals surface area contributed by atoms with E-state index in [9.17, 15) is 10.2 Å². The van der Waals surface area contributed by atoms with Gasteiger partial charge in [0.2, 0.25) is 0 Å². The lowest BCUT2D eigenvalue weighted by Gasteiger charge is -2.23. The van der Waals surface area contributed by atoms with Gasteiger partial charge < -0.3 is 24.8 Å². The summed E-state index contributed by atoms with van der Waals surface area (Å²) in [5, 5.41) is 27.3. The van der Waals surface area contributed by atoms with Crippen LogP contribution in [0.1, 0.15) is 36.8 Å². The zero-order valence-electron chi connectivity index (χ0n) is 19.6. The highest BCUT2D eigenvalue weighted by Gasteiger charge is 2.20. The van der Waals surface area contributed by atoms with E-state index in [0.29, 0.717) is 24.8 Å². The van der Waals surface area contributed by atoms with E-state index in [1.54, 1.807) is 24.3 Å². The van der Waals surface area contributed by atoms with E-state index in [2.05, 4.69) is 22.6 Å². The predicted molar refractivity (Wildman–Crippen MR) is 136 cm³/mol. The Kier molecular flexibility index (Phi) is 7.00. The molecule has 6 nitrogen and oxygen atoms in total. The Bertz CT molecular complexity index is 1160. The third kappa shape index (κ3) is 5.66. The number of ether oxygens (including phenoxy) is 1. The van der Waals surface area contributed by atoms with E-state index in [1.807, 2.05) is 36.4 Å². The average molecular weight is 471 g/mol. The Hall–Kier alpha value is -3.77. The van der Waals surface area contributed by atoms with E-state index in [1.165, 1.54) is 19.3 Å². The number of hydrogen-bond acceptors (Lipinski definition) is 6. The van der Waals surface area contributed by atoms with Crippen molar-refractivity contribution in [2.75, 3.05) is 13.2 Å². The molecule has 1 aromatic heterocycles. The minimum Gasteiger partial charge on any atom is -0.508 e. The zero-order valence-corrected chi connectivity index (χ0v) is 19.6. The van der Waals surface area contributed by atoms with Gasteiger partial charge in [0.1, 0.15) is 22.9 Å². The molecule has 0 saturated carbocycles. The van der Waals surface area contributed by atoms with Gasteiger partial charge in [-0.3, -0.25) is 0 Å². The van der Waals surface area contributed by atoms with E-state index in [0.717, 1.165) is 46.7 Å². The SMILES string of the molecule is Oc1ccc(-c2noc(-c3ccc(O)cc3)c2Cc2ccc(OCCC3CCCCN3)cc2)cc1. The van der Waals surface area contributed by atoms with Crippen LogP contribution >= 0.6 is 0 Å². The number of rotatable bonds is 8. The standard InChI is InChI=1S/C29H30N2O4/c32-24-10-6-21(7-11-24)28-27(29(35-31-28)22-8-12-25(33)13-9-22)19-20-4-14-26(15-5-20)34-18-16-23-3-1-2-17-30-23/h4-15,23,30,32-33H,1-3,16-19H2. The Morgan fingerprint density at radius 2 is 1.54 bits per heavy atom. The number of phenols is 2. The van der Waals surface area contributed by atoms with Crippen LogP contribution in [0.2, 0.25) is 0 Å². The van der Waals surface area contributed by atoms with Crippen LogP contribution in [0.15, 0.2) is 77.3 Å². The maximum absolute atomic E-state index is 9.70. The average Bonchev–Trinajstić information content (AvgIpc) is 3.30. The first-order chi connectivity index (χ1) is 17.2. The van der Waals surface area contributed by atoms with E-state index >= 15 is 0 Å². The van der Waals surface area contributed by atoms with Crippen molar-refractivity contribution in [2.24, 2.45) is 0 Å². The van der Waals surface area contributed by atoms with Crippen molar-refractivity contribution < 1.29 is 19.5 Å². The topological polar surface area (TPSA) is 87.8 Å². The summed E-state index contributed by atoms with van der Waals surface area (Å²) in [6.45, 7) is 1.82. The van der Waals surface area contributed by atoms with Gasteiger partial charge in [0.25, 0.3) is 0 Å². The fourth-order valence-corrected chi connectivity index (χ4v) is 4.56. The van der Waals surface area contributed by atoms with Gasteiger partial charge in [-0.05, 0) is 92.0 Å². The van der Waals surface area contributed by atoms with Crippen molar-refractivity contribution in [3.05, 3.63) is 83.9 Å². The van der Waals surface area contributed by atoms with Gasteiger partial charge in [-0.15, -0.1) is 0 Å². The van der Waals surface area contributed by atoms with E-state index in [-0.39, 0.29) is 11.5 Å². The van der Waals surface area contributed by atoms with Crippen LogP contribution in [-0.2, 0) is 6.42 Å². The molecule has 4 aromatic rings. The lowest BCUT2D eigenvalue weighted by molar-refractivity contribution is 0.268. The molecule has 0 amide bonds. The molecule has 2 heterocycles. The summed E-state index contributed by atoms with van der Waals surface area (Å²) in [5.41, 5.74) is 4.48. The molecule has 1 saturated heterocycles. The summed E-state index contributed by atoms with van der Waals surface area (Å²) in [6.07, 6.45) is 5.44. The molecule has 1 unspecified atom stereocenters. The predicted octanol–water partition coefficient (Wildman–Crippen LogP) is 5.92. The minimum absolute atomic E-state index is 0.198. The quantitative estimate of drug-likeness (QED) is 0.296. The first kappa shape index (κ1) is 23.0. The summed E-state index contributed by atoms with van der Waals surface area (Å²) >= 11 is 0. The van der Waals surface area contributed by atoms with Crippen molar-refractivity contribution in [2.45, 2.75) is 38.1 Å². The summed E-state index contributed by atoms with van der Waals surface area (Å²) in [5.74, 6) is 1.93. The van der Waals surface area contributed by atoms with Crippen molar-refractivity contribution in [3.8, 4) is 39.8 Å². The molecule has 5 rings (SSSR count). The van der Waals surface area contributed by atoms with Crippen molar-refractivity contribution in [1.29, 1.82) is 0 Å². The molecule has 3 aromatic carbocycles. The molecule has 0 radical (unpaired) electrons. The molecule has 0 bridgehead atoms. The van der Waals surface area contributed by atoms with Crippen LogP contribution < -0.4 is 10.1 Å². The third-order valence-corrected chi connectivity index (χ3v) is 6.51.